The number of carbonyl (C=O) groups excluding carboxylic acids is 2. The van der Waals surface area contributed by atoms with E-state index in [9.17, 15) is 19.2 Å². The summed E-state index contributed by atoms with van der Waals surface area (Å²) in [5.41, 5.74) is -0.167. The van der Waals surface area contributed by atoms with Crippen molar-refractivity contribution in [1.29, 1.82) is 0 Å². The molecule has 0 aromatic carbocycles. The van der Waals surface area contributed by atoms with Gasteiger partial charge >= 0.3 is 11.9 Å². The molecular formula is C16H23NO6S. The predicted molar refractivity (Wildman–Crippen MR) is 89.6 cm³/mol. The highest BCUT2D eigenvalue weighted by molar-refractivity contribution is 8.01. The van der Waals surface area contributed by atoms with Gasteiger partial charge in [0, 0.05) is 4.75 Å². The zero-order valence-electron chi connectivity index (χ0n) is 14.6. The van der Waals surface area contributed by atoms with Gasteiger partial charge in [0.1, 0.15) is 11.4 Å². The summed E-state index contributed by atoms with van der Waals surface area (Å²) in [6, 6.07) is -0.825. The smallest absolute Gasteiger partial charge is 0.327 e. The predicted octanol–water partition coefficient (Wildman–Crippen LogP) is 1.77. The summed E-state index contributed by atoms with van der Waals surface area (Å²) in [4.78, 5) is 45.4. The van der Waals surface area contributed by atoms with Crippen LogP contribution in [0.2, 0.25) is 0 Å². The molecule has 0 saturated carbocycles. The van der Waals surface area contributed by atoms with Gasteiger partial charge < -0.3 is 15.1 Å². The zero-order chi connectivity index (χ0) is 19.0. The van der Waals surface area contributed by atoms with Gasteiger partial charge in [-0.1, -0.05) is 0 Å². The van der Waals surface area contributed by atoms with E-state index in [4.69, 9.17) is 10.2 Å². The molecule has 134 valence electrons. The molecule has 2 aliphatic rings. The quantitative estimate of drug-likeness (QED) is 0.572. The maximum atomic E-state index is 11.8. The van der Waals surface area contributed by atoms with Crippen LogP contribution in [0.5, 0.6) is 0 Å². The number of aliphatic carboxylic acids is 2. The van der Waals surface area contributed by atoms with Gasteiger partial charge in [-0.25, -0.2) is 4.79 Å². The van der Waals surface area contributed by atoms with Crippen molar-refractivity contribution in [2.24, 2.45) is 5.41 Å². The van der Waals surface area contributed by atoms with E-state index in [1.807, 2.05) is 0 Å². The molecule has 2 N–H and O–H groups in total. The minimum atomic E-state index is -1.000. The molecular weight excluding hydrogens is 334 g/mol. The normalized spacial score (nSPS) is 26.2. The average Bonchev–Trinajstić information content (AvgIpc) is 2.64. The number of ketones is 1. The average molecular weight is 357 g/mol. The minimum absolute atomic E-state index is 0.190. The van der Waals surface area contributed by atoms with Crippen LogP contribution in [0, 0.1) is 5.41 Å². The van der Waals surface area contributed by atoms with Crippen LogP contribution in [0.4, 0.5) is 0 Å². The van der Waals surface area contributed by atoms with Crippen LogP contribution in [0.3, 0.4) is 0 Å². The van der Waals surface area contributed by atoms with Gasteiger partial charge in [-0.15, -0.1) is 11.8 Å². The number of thioether (sulfide) groups is 1. The Bertz CT molecular complexity index is 617. The highest BCUT2D eigenvalue weighted by Crippen LogP contribution is 2.52. The maximum Gasteiger partial charge on any atom is 0.327 e. The molecule has 2 fully saturated rings. The lowest BCUT2D eigenvalue weighted by atomic mass is 9.95. The number of carbonyl (C=O) groups is 4. The Morgan fingerprint density at radius 2 is 1.67 bits per heavy atom. The van der Waals surface area contributed by atoms with Crippen molar-refractivity contribution >= 4 is 35.4 Å². The van der Waals surface area contributed by atoms with Crippen LogP contribution in [-0.2, 0) is 19.2 Å². The SMILES string of the molecule is CC(=O)/C=C1/C(=O)N2[C@@H]1SC(C)(C)[C@@H]2C(=O)O.CC(C)(C)C(=O)O. The first-order valence-electron chi connectivity index (χ1n) is 7.39. The van der Waals surface area contributed by atoms with Crippen molar-refractivity contribution in [3.8, 4) is 0 Å². The fourth-order valence-corrected chi connectivity index (χ4v) is 3.82. The van der Waals surface area contributed by atoms with Gasteiger partial charge in [0.25, 0.3) is 5.91 Å². The Hall–Kier alpha value is -1.83. The summed E-state index contributed by atoms with van der Waals surface area (Å²) in [6.07, 6.45) is 1.30. The Morgan fingerprint density at radius 3 is 2.00 bits per heavy atom. The third-order valence-corrected chi connectivity index (χ3v) is 5.12. The summed E-state index contributed by atoms with van der Waals surface area (Å²) in [5, 5.41) is 17.1. The number of fused-ring (bicyclic) bond motifs is 1. The molecule has 2 aliphatic heterocycles. The molecule has 0 aromatic heterocycles. The highest BCUT2D eigenvalue weighted by Gasteiger charge is 2.61. The van der Waals surface area contributed by atoms with Crippen LogP contribution in [0.15, 0.2) is 11.6 Å². The molecule has 0 spiro atoms. The molecule has 2 rings (SSSR count). The number of rotatable bonds is 2. The second-order valence-electron chi connectivity index (χ2n) is 7.29. The van der Waals surface area contributed by atoms with E-state index in [0.29, 0.717) is 5.57 Å². The highest BCUT2D eigenvalue weighted by atomic mass is 32.2. The molecule has 7 nitrogen and oxygen atoms in total. The molecule has 2 saturated heterocycles. The van der Waals surface area contributed by atoms with Crippen LogP contribution >= 0.6 is 11.8 Å². The number of hydrogen-bond donors (Lipinski definition) is 2. The third kappa shape index (κ3) is 3.98. The van der Waals surface area contributed by atoms with Gasteiger partial charge in [-0.2, -0.15) is 0 Å². The Balaban J connectivity index is 0.000000351. The summed E-state index contributed by atoms with van der Waals surface area (Å²) < 4.78 is -0.543. The molecule has 0 aromatic rings. The van der Waals surface area contributed by atoms with Crippen LogP contribution in [-0.4, -0.2) is 54.9 Å². The maximum absolute atomic E-state index is 11.8. The second kappa shape index (κ2) is 6.58. The molecule has 0 aliphatic carbocycles. The molecule has 0 unspecified atom stereocenters. The van der Waals surface area contributed by atoms with Crippen LogP contribution in [0.25, 0.3) is 0 Å². The molecule has 2 heterocycles. The Morgan fingerprint density at radius 1 is 1.21 bits per heavy atom. The van der Waals surface area contributed by atoms with Gasteiger partial charge in [-0.3, -0.25) is 14.4 Å². The lowest BCUT2D eigenvalue weighted by Crippen LogP contribution is -2.58. The largest absolute Gasteiger partial charge is 0.481 e. The minimum Gasteiger partial charge on any atom is -0.481 e. The number of amides is 1. The molecule has 0 bridgehead atoms. The van der Waals surface area contributed by atoms with Crippen LogP contribution < -0.4 is 0 Å². The Kier molecular flexibility index (Phi) is 5.54. The fraction of sp³-hybridized carbons (Fsp3) is 0.625. The molecule has 1 amide bonds. The van der Waals surface area contributed by atoms with Crippen molar-refractivity contribution in [2.75, 3.05) is 0 Å². The monoisotopic (exact) mass is 357 g/mol. The summed E-state index contributed by atoms with van der Waals surface area (Å²) in [5.74, 6) is -2.28. The number of hydrogen-bond acceptors (Lipinski definition) is 5. The number of nitrogens with zero attached hydrogens (tertiary/aromatic N) is 1. The first-order valence-corrected chi connectivity index (χ1v) is 8.27. The third-order valence-electron chi connectivity index (χ3n) is 3.59. The second-order valence-corrected chi connectivity index (χ2v) is 9.03. The fourth-order valence-electron chi connectivity index (χ4n) is 2.27. The summed E-state index contributed by atoms with van der Waals surface area (Å²) in [7, 11) is 0. The van der Waals surface area contributed by atoms with E-state index in [-0.39, 0.29) is 17.1 Å². The lowest BCUT2D eigenvalue weighted by molar-refractivity contribution is -0.152. The van der Waals surface area contributed by atoms with Crippen molar-refractivity contribution in [3.05, 3.63) is 11.6 Å². The van der Waals surface area contributed by atoms with E-state index in [1.54, 1.807) is 34.6 Å². The van der Waals surface area contributed by atoms with Gasteiger partial charge in [0.15, 0.2) is 5.78 Å². The van der Waals surface area contributed by atoms with E-state index < -0.39 is 28.1 Å². The van der Waals surface area contributed by atoms with E-state index in [2.05, 4.69) is 0 Å². The van der Waals surface area contributed by atoms with Crippen molar-refractivity contribution < 1.29 is 29.4 Å². The molecule has 0 radical (unpaired) electrons. The standard InChI is InChI=1S/C11H13NO4S.C5H10O2/c1-5(13)4-6-8(14)12-7(10(15)16)11(2,3)17-9(6)12;1-5(2,3)4(6)7/h4,7,9H,1-3H3,(H,15,16);1-3H3,(H,6,7)/b6-4-;/t7-,9+;/m0./s1. The summed E-state index contributed by atoms with van der Waals surface area (Å²) in [6.45, 7) is 9.96. The number of allylic oxidation sites excluding steroid dienone is 1. The topological polar surface area (TPSA) is 112 Å². The molecule has 24 heavy (non-hydrogen) atoms. The van der Waals surface area contributed by atoms with E-state index in [1.165, 1.54) is 29.7 Å². The van der Waals surface area contributed by atoms with Crippen LogP contribution in [0.1, 0.15) is 41.5 Å². The van der Waals surface area contributed by atoms with Gasteiger partial charge in [-0.05, 0) is 47.6 Å². The lowest BCUT2D eigenvalue weighted by Gasteiger charge is -2.38. The van der Waals surface area contributed by atoms with Gasteiger partial charge in [0.2, 0.25) is 0 Å². The number of β-lactam (4-membered cyclic amide) rings is 1. The summed E-state index contributed by atoms with van der Waals surface area (Å²) >= 11 is 1.41. The van der Waals surface area contributed by atoms with Gasteiger partial charge in [0.05, 0.1) is 11.0 Å². The van der Waals surface area contributed by atoms with Crippen molar-refractivity contribution in [1.82, 2.24) is 4.90 Å². The number of carboxylic acids is 2. The van der Waals surface area contributed by atoms with Crippen molar-refractivity contribution in [2.45, 2.75) is 57.7 Å². The Labute approximate surface area is 145 Å². The molecule has 8 heteroatoms. The van der Waals surface area contributed by atoms with E-state index >= 15 is 0 Å². The first kappa shape index (κ1) is 20.2. The van der Waals surface area contributed by atoms with E-state index in [0.717, 1.165) is 0 Å². The molecule has 2 atom stereocenters. The number of carboxylic acid groups (broad SMARTS) is 2. The first-order chi connectivity index (χ1) is 10.7. The zero-order valence-corrected chi connectivity index (χ0v) is 15.4. The van der Waals surface area contributed by atoms with Crippen molar-refractivity contribution in [3.63, 3.8) is 0 Å².